The van der Waals surface area contributed by atoms with E-state index in [0.717, 1.165) is 60.8 Å². The van der Waals surface area contributed by atoms with E-state index in [1.54, 1.807) is 0 Å². The van der Waals surface area contributed by atoms with Gasteiger partial charge in [0, 0.05) is 49.1 Å². The monoisotopic (exact) mass is 616 g/mol. The summed E-state index contributed by atoms with van der Waals surface area (Å²) in [6.45, 7) is 4.36. The Morgan fingerprint density at radius 2 is 0.771 bits per heavy atom. The van der Waals surface area contributed by atoms with Crippen LogP contribution in [0.4, 0.5) is 0 Å². The molecule has 11 rings (SSSR count). The molecule has 0 aliphatic carbocycles. The fraction of sp³-hybridized carbons (Fsp3) is 0.0455. The van der Waals surface area contributed by atoms with Gasteiger partial charge in [0.2, 0.25) is 0 Å². The first-order valence-corrected chi connectivity index (χ1v) is 16.4. The Morgan fingerprint density at radius 1 is 0.375 bits per heavy atom. The minimum atomic E-state index is 0.857. The zero-order valence-corrected chi connectivity index (χ0v) is 26.4. The third kappa shape index (κ3) is 3.24. The maximum absolute atomic E-state index is 6.81. The highest BCUT2D eigenvalue weighted by Crippen LogP contribution is 2.45. The first-order valence-electron chi connectivity index (χ1n) is 16.4. The van der Waals surface area contributed by atoms with Crippen molar-refractivity contribution < 1.29 is 8.83 Å². The molecule has 0 saturated carbocycles. The molecule has 0 bridgehead atoms. The van der Waals surface area contributed by atoms with Gasteiger partial charge in [0.15, 0.2) is 0 Å². The molecule has 0 radical (unpaired) electrons. The normalized spacial score (nSPS) is 12.4. The van der Waals surface area contributed by atoms with Crippen molar-refractivity contribution in [1.29, 1.82) is 0 Å². The molecule has 4 aromatic heterocycles. The highest BCUT2D eigenvalue weighted by molar-refractivity contribution is 6.24. The fourth-order valence-electron chi connectivity index (χ4n) is 8.25. The Morgan fingerprint density at radius 3 is 1.23 bits per heavy atom. The van der Waals surface area contributed by atoms with Gasteiger partial charge in [0.25, 0.3) is 0 Å². The van der Waals surface area contributed by atoms with Gasteiger partial charge in [0.05, 0.1) is 27.5 Å². The number of aromatic nitrogens is 2. The number of rotatable bonds is 2. The van der Waals surface area contributed by atoms with Gasteiger partial charge < -0.3 is 18.0 Å². The van der Waals surface area contributed by atoms with E-state index in [4.69, 9.17) is 8.83 Å². The maximum Gasteiger partial charge on any atom is 0.147 e. The molecule has 0 aliphatic rings. The van der Waals surface area contributed by atoms with Crippen molar-refractivity contribution in [3.05, 3.63) is 145 Å². The summed E-state index contributed by atoms with van der Waals surface area (Å²) < 4.78 is 18.2. The maximum atomic E-state index is 6.81. The topological polar surface area (TPSA) is 36.1 Å². The van der Waals surface area contributed by atoms with Crippen LogP contribution < -0.4 is 0 Å². The second-order valence-electron chi connectivity index (χ2n) is 13.0. The summed E-state index contributed by atoms with van der Waals surface area (Å²) in [5.41, 5.74) is 12.8. The summed E-state index contributed by atoms with van der Waals surface area (Å²) in [5, 5.41) is 9.33. The average Bonchev–Trinajstić information content (AvgIpc) is 3.88. The number of para-hydroxylation sites is 4. The zero-order chi connectivity index (χ0) is 31.7. The van der Waals surface area contributed by atoms with Crippen molar-refractivity contribution >= 4 is 87.5 Å². The number of nitrogens with zero attached hydrogens (tertiary/aromatic N) is 2. The van der Waals surface area contributed by atoms with E-state index < -0.39 is 0 Å². The van der Waals surface area contributed by atoms with Crippen molar-refractivity contribution in [2.24, 2.45) is 0 Å². The van der Waals surface area contributed by atoms with Crippen molar-refractivity contribution in [2.75, 3.05) is 0 Å². The quantitative estimate of drug-likeness (QED) is 0.194. The van der Waals surface area contributed by atoms with Gasteiger partial charge in [-0.2, -0.15) is 0 Å². The molecular weight excluding hydrogens is 588 g/mol. The Balaban J connectivity index is 1.21. The Hall–Kier alpha value is -6.26. The minimum Gasteiger partial charge on any atom is -0.456 e. The molecule has 0 spiro atoms. The lowest BCUT2D eigenvalue weighted by molar-refractivity contribution is 0.660. The van der Waals surface area contributed by atoms with Crippen LogP contribution in [0.2, 0.25) is 0 Å². The van der Waals surface area contributed by atoms with Crippen molar-refractivity contribution in [3.63, 3.8) is 0 Å². The van der Waals surface area contributed by atoms with Gasteiger partial charge >= 0.3 is 0 Å². The summed E-state index contributed by atoms with van der Waals surface area (Å²) in [7, 11) is 0. The predicted octanol–water partition coefficient (Wildman–Crippen LogP) is 12.3. The standard InChI is InChI=1S/C44H28N2O2/c1-25-26(2)43-42(34-24-28(20-22-40(34)47-43)46-37-17-9-5-13-31(37)32-14-6-10-18-38(32)46)44-41(25)33-23-27(19-21-39(33)48-44)45-35-15-7-3-11-29(35)30-12-4-8-16-36(30)45/h3-24H,1-2H3. The van der Waals surface area contributed by atoms with Gasteiger partial charge in [0.1, 0.15) is 22.3 Å². The summed E-state index contributed by atoms with van der Waals surface area (Å²) in [5.74, 6) is 0. The molecule has 0 fully saturated rings. The van der Waals surface area contributed by atoms with Crippen LogP contribution in [-0.4, -0.2) is 9.13 Å². The van der Waals surface area contributed by atoms with Crippen LogP contribution in [0.3, 0.4) is 0 Å². The molecule has 0 amide bonds. The van der Waals surface area contributed by atoms with E-state index in [9.17, 15) is 0 Å². The molecule has 226 valence electrons. The number of furan rings is 2. The highest BCUT2D eigenvalue weighted by Gasteiger charge is 2.23. The average molecular weight is 617 g/mol. The second kappa shape index (κ2) is 9.18. The Kier molecular flexibility index (Phi) is 4.95. The molecular formula is C44H28N2O2. The lowest BCUT2D eigenvalue weighted by atomic mass is 9.98. The summed E-state index contributed by atoms with van der Waals surface area (Å²) in [4.78, 5) is 0. The molecule has 48 heavy (non-hydrogen) atoms. The van der Waals surface area contributed by atoms with Crippen LogP contribution in [0.1, 0.15) is 11.1 Å². The third-order valence-electron chi connectivity index (χ3n) is 10.5. The van der Waals surface area contributed by atoms with Crippen LogP contribution >= 0.6 is 0 Å². The van der Waals surface area contributed by atoms with E-state index >= 15 is 0 Å². The molecule has 7 aromatic carbocycles. The molecule has 0 unspecified atom stereocenters. The van der Waals surface area contributed by atoms with Crippen LogP contribution in [0.5, 0.6) is 0 Å². The van der Waals surface area contributed by atoms with E-state index in [0.29, 0.717) is 0 Å². The molecule has 0 atom stereocenters. The van der Waals surface area contributed by atoms with Gasteiger partial charge in [-0.05, 0) is 85.6 Å². The number of benzene rings is 7. The van der Waals surface area contributed by atoms with Crippen LogP contribution in [0.25, 0.3) is 98.9 Å². The van der Waals surface area contributed by atoms with Gasteiger partial charge in [-0.3, -0.25) is 0 Å². The van der Waals surface area contributed by atoms with E-state index in [1.165, 1.54) is 49.2 Å². The number of hydrogen-bond donors (Lipinski definition) is 0. The largest absolute Gasteiger partial charge is 0.456 e. The third-order valence-corrected chi connectivity index (χ3v) is 10.5. The van der Waals surface area contributed by atoms with Gasteiger partial charge in [-0.1, -0.05) is 72.8 Å². The van der Waals surface area contributed by atoms with E-state index in [-0.39, 0.29) is 0 Å². The van der Waals surface area contributed by atoms with E-state index in [1.807, 2.05) is 0 Å². The second-order valence-corrected chi connectivity index (χ2v) is 13.0. The Labute approximate surface area is 274 Å². The summed E-state index contributed by atoms with van der Waals surface area (Å²) in [6, 6.07) is 47.7. The summed E-state index contributed by atoms with van der Waals surface area (Å²) >= 11 is 0. The molecule has 4 heterocycles. The van der Waals surface area contributed by atoms with Gasteiger partial charge in [-0.15, -0.1) is 0 Å². The molecule has 4 nitrogen and oxygen atoms in total. The lowest BCUT2D eigenvalue weighted by Crippen LogP contribution is -1.93. The molecule has 11 aromatic rings. The molecule has 4 heteroatoms. The first-order chi connectivity index (χ1) is 23.7. The van der Waals surface area contributed by atoms with Crippen LogP contribution in [-0.2, 0) is 0 Å². The highest BCUT2D eigenvalue weighted by atomic mass is 16.3. The number of fused-ring (bicyclic) bond motifs is 13. The predicted molar refractivity (Wildman–Crippen MR) is 199 cm³/mol. The molecule has 0 N–H and O–H groups in total. The number of aryl methyl sites for hydroxylation is 2. The Bertz CT molecular complexity index is 3040. The van der Waals surface area contributed by atoms with Crippen molar-refractivity contribution in [2.45, 2.75) is 13.8 Å². The number of hydrogen-bond acceptors (Lipinski definition) is 2. The van der Waals surface area contributed by atoms with Crippen LogP contribution in [0.15, 0.2) is 142 Å². The van der Waals surface area contributed by atoms with Crippen LogP contribution in [0, 0.1) is 13.8 Å². The zero-order valence-electron chi connectivity index (χ0n) is 26.4. The van der Waals surface area contributed by atoms with Crippen molar-refractivity contribution in [3.8, 4) is 11.4 Å². The fourth-order valence-corrected chi connectivity index (χ4v) is 8.25. The lowest BCUT2D eigenvalue weighted by Gasteiger charge is -2.08. The first kappa shape index (κ1) is 25.9. The van der Waals surface area contributed by atoms with Crippen molar-refractivity contribution in [1.82, 2.24) is 9.13 Å². The van der Waals surface area contributed by atoms with Gasteiger partial charge in [-0.25, -0.2) is 0 Å². The minimum absolute atomic E-state index is 0.857. The SMILES string of the molecule is Cc1c(C)c2c3cc(-n4c5ccccc5c5ccccc54)ccc3oc2c2c1oc1ccc(-n3c4ccccc4c4ccccc43)cc12. The molecule has 0 aliphatic heterocycles. The molecule has 0 saturated heterocycles. The summed E-state index contributed by atoms with van der Waals surface area (Å²) in [6.07, 6.45) is 0. The van der Waals surface area contributed by atoms with E-state index in [2.05, 4.69) is 156 Å². The smallest absolute Gasteiger partial charge is 0.147 e.